The van der Waals surface area contributed by atoms with Crippen LogP contribution in [0.4, 0.5) is 0 Å². The van der Waals surface area contributed by atoms with Crippen LogP contribution in [0.25, 0.3) is 33.4 Å². The first-order chi connectivity index (χ1) is 16.8. The van der Waals surface area contributed by atoms with Gasteiger partial charge in [-0.2, -0.15) is 0 Å². The first-order valence-electron chi connectivity index (χ1n) is 10.8. The number of halogens is 2. The zero-order valence-corrected chi connectivity index (χ0v) is 20.7. The fourth-order valence-corrected chi connectivity index (χ4v) is 4.22. The van der Waals surface area contributed by atoms with Gasteiger partial charge >= 0.3 is 0 Å². The van der Waals surface area contributed by atoms with Crippen molar-refractivity contribution in [3.63, 3.8) is 0 Å². The Labute approximate surface area is 211 Å². The van der Waals surface area contributed by atoms with Crippen molar-refractivity contribution in [2.75, 3.05) is 40.5 Å². The molecule has 0 fully saturated rings. The second kappa shape index (κ2) is 10.7. The lowest BCUT2D eigenvalue weighted by atomic mass is 9.93. The van der Waals surface area contributed by atoms with E-state index in [9.17, 15) is 14.7 Å². The first-order valence-corrected chi connectivity index (χ1v) is 11.6. The smallest absolute Gasteiger partial charge is 0.254 e. The predicted octanol–water partition coefficient (Wildman–Crippen LogP) is 5.31. The van der Waals surface area contributed by atoms with E-state index in [0.29, 0.717) is 59.7 Å². The summed E-state index contributed by atoms with van der Waals surface area (Å²) in [5, 5.41) is 10.9. The van der Waals surface area contributed by atoms with Crippen LogP contribution >= 0.6 is 23.2 Å². The number of hydrogen-bond acceptors (Lipinski definition) is 6. The van der Waals surface area contributed by atoms with Gasteiger partial charge in [-0.15, -0.1) is 0 Å². The van der Waals surface area contributed by atoms with Gasteiger partial charge in [0.15, 0.2) is 0 Å². The molecule has 0 saturated carbocycles. The molecule has 0 unspecified atom stereocenters. The summed E-state index contributed by atoms with van der Waals surface area (Å²) in [6.07, 6.45) is 0. The van der Waals surface area contributed by atoms with Gasteiger partial charge in [0.1, 0.15) is 17.1 Å². The van der Waals surface area contributed by atoms with E-state index in [0.717, 1.165) is 5.56 Å². The Morgan fingerprint density at radius 3 is 2.26 bits per heavy atom. The molecule has 2 aromatic carbocycles. The molecule has 182 valence electrons. The van der Waals surface area contributed by atoms with Gasteiger partial charge in [0.2, 0.25) is 5.43 Å². The van der Waals surface area contributed by atoms with Gasteiger partial charge < -0.3 is 23.9 Å². The number of rotatable bonds is 8. The minimum Gasteiger partial charge on any atom is -0.506 e. The van der Waals surface area contributed by atoms with Crippen LogP contribution in [0.1, 0.15) is 10.4 Å². The molecule has 1 amide bonds. The zero-order valence-electron chi connectivity index (χ0n) is 19.1. The highest BCUT2D eigenvalue weighted by atomic mass is 35.5. The minimum absolute atomic E-state index is 0.0527. The van der Waals surface area contributed by atoms with E-state index in [2.05, 4.69) is 0 Å². The molecular weight excluding hydrogens is 493 g/mol. The monoisotopic (exact) mass is 515 g/mol. The molecule has 0 aromatic heterocycles. The quantitative estimate of drug-likeness (QED) is 0.319. The number of amides is 1. The molecular formula is C26H23Cl2NO6. The standard InChI is InChI=1S/C26H23Cl2NO6/c1-33-9-7-29(8-10-34-2)26(32)16-5-3-15(4-6-16)25-17-11-19(27)21(30)13-23(17)35-24-14-22(31)20(28)12-18(24)25/h3-6,11-14,30H,7-10H2,1-2H3. The van der Waals surface area contributed by atoms with Gasteiger partial charge in [-0.05, 0) is 29.8 Å². The highest BCUT2D eigenvalue weighted by Crippen LogP contribution is 2.43. The van der Waals surface area contributed by atoms with Gasteiger partial charge in [0, 0.05) is 61.5 Å². The van der Waals surface area contributed by atoms with Crippen molar-refractivity contribution in [3.05, 3.63) is 74.4 Å². The van der Waals surface area contributed by atoms with Gasteiger partial charge in [0.05, 0.1) is 23.3 Å². The third-order valence-electron chi connectivity index (χ3n) is 5.68. The summed E-state index contributed by atoms with van der Waals surface area (Å²) in [4.78, 5) is 26.9. The number of phenols is 1. The summed E-state index contributed by atoms with van der Waals surface area (Å²) in [7, 11) is 3.17. The van der Waals surface area contributed by atoms with Crippen LogP contribution in [-0.4, -0.2) is 56.4 Å². The molecule has 0 radical (unpaired) electrons. The number of aromatic hydroxyl groups is 1. The molecule has 1 heterocycles. The molecule has 1 aliphatic carbocycles. The van der Waals surface area contributed by atoms with E-state index in [4.69, 9.17) is 37.1 Å². The topological polar surface area (TPSA) is 89.2 Å². The highest BCUT2D eigenvalue weighted by Gasteiger charge is 2.21. The number of carbonyl (C=O) groups excluding carboxylic acids is 1. The van der Waals surface area contributed by atoms with Crippen LogP contribution in [0.5, 0.6) is 5.75 Å². The molecule has 4 rings (SSSR count). The molecule has 0 saturated heterocycles. The van der Waals surface area contributed by atoms with Crippen LogP contribution in [-0.2, 0) is 9.47 Å². The molecule has 0 bridgehead atoms. The maximum absolute atomic E-state index is 13.1. The lowest BCUT2D eigenvalue weighted by Crippen LogP contribution is -2.36. The number of benzene rings is 3. The number of ether oxygens (including phenoxy) is 2. The van der Waals surface area contributed by atoms with Gasteiger partial charge in [-0.3, -0.25) is 9.59 Å². The Bertz CT molecular complexity index is 1390. The van der Waals surface area contributed by atoms with Crippen molar-refractivity contribution in [2.24, 2.45) is 0 Å². The lowest BCUT2D eigenvalue weighted by molar-refractivity contribution is 0.0627. The fourth-order valence-electron chi connectivity index (χ4n) is 3.89. The number of nitrogens with zero attached hydrogens (tertiary/aromatic N) is 1. The summed E-state index contributed by atoms with van der Waals surface area (Å²) in [5.74, 6) is 0.0298. The maximum Gasteiger partial charge on any atom is 0.254 e. The van der Waals surface area contributed by atoms with Crippen LogP contribution in [0, 0.1) is 0 Å². The summed E-state index contributed by atoms with van der Waals surface area (Å²) in [5.41, 5.74) is 2.54. The highest BCUT2D eigenvalue weighted by molar-refractivity contribution is 6.33. The summed E-state index contributed by atoms with van der Waals surface area (Å²) in [6, 6.07) is 13.0. The van der Waals surface area contributed by atoms with Crippen molar-refractivity contribution in [3.8, 4) is 28.2 Å². The second-order valence-electron chi connectivity index (χ2n) is 7.91. The molecule has 1 aliphatic heterocycles. The normalized spacial score (nSPS) is 11.3. The summed E-state index contributed by atoms with van der Waals surface area (Å²) >= 11 is 12.4. The van der Waals surface area contributed by atoms with Gasteiger partial charge in [-0.25, -0.2) is 0 Å². The van der Waals surface area contributed by atoms with Crippen LogP contribution < -0.4 is 5.43 Å². The molecule has 35 heavy (non-hydrogen) atoms. The van der Waals surface area contributed by atoms with Crippen LogP contribution in [0.15, 0.2) is 57.7 Å². The Hall–Kier alpha value is -3.10. The van der Waals surface area contributed by atoms with Crippen LogP contribution in [0.3, 0.4) is 0 Å². The van der Waals surface area contributed by atoms with E-state index in [-0.39, 0.29) is 27.1 Å². The van der Waals surface area contributed by atoms with Crippen molar-refractivity contribution < 1.29 is 23.8 Å². The average molecular weight is 516 g/mol. The molecule has 7 nitrogen and oxygen atoms in total. The van der Waals surface area contributed by atoms with E-state index < -0.39 is 0 Å². The van der Waals surface area contributed by atoms with Crippen molar-refractivity contribution in [1.29, 1.82) is 0 Å². The van der Waals surface area contributed by atoms with Crippen molar-refractivity contribution in [1.82, 2.24) is 4.90 Å². The minimum atomic E-state index is -0.375. The number of methoxy groups -OCH3 is 2. The van der Waals surface area contributed by atoms with E-state index in [1.807, 2.05) is 12.1 Å². The number of hydrogen-bond donors (Lipinski definition) is 1. The first kappa shape index (κ1) is 25.0. The third kappa shape index (κ3) is 5.13. The van der Waals surface area contributed by atoms with Gasteiger partial charge in [-0.1, -0.05) is 35.3 Å². The summed E-state index contributed by atoms with van der Waals surface area (Å²) < 4.78 is 16.1. The average Bonchev–Trinajstić information content (AvgIpc) is 2.85. The Morgan fingerprint density at radius 1 is 0.971 bits per heavy atom. The summed E-state index contributed by atoms with van der Waals surface area (Å²) in [6.45, 7) is 1.70. The van der Waals surface area contributed by atoms with Crippen molar-refractivity contribution >= 4 is 40.1 Å². The molecule has 2 aliphatic rings. The number of fused-ring (bicyclic) bond motifs is 2. The maximum atomic E-state index is 13.1. The van der Waals surface area contributed by atoms with E-state index in [1.165, 1.54) is 12.1 Å². The van der Waals surface area contributed by atoms with Gasteiger partial charge in [0.25, 0.3) is 5.91 Å². The molecule has 2 aromatic rings. The predicted molar refractivity (Wildman–Crippen MR) is 136 cm³/mol. The van der Waals surface area contributed by atoms with E-state index >= 15 is 0 Å². The zero-order chi connectivity index (χ0) is 25.1. The van der Waals surface area contributed by atoms with Crippen LogP contribution in [0.2, 0.25) is 10.0 Å². The third-order valence-corrected chi connectivity index (χ3v) is 6.28. The number of carbonyl (C=O) groups is 1. The van der Waals surface area contributed by atoms with Crippen molar-refractivity contribution in [2.45, 2.75) is 0 Å². The second-order valence-corrected chi connectivity index (χ2v) is 8.73. The molecule has 0 atom stereocenters. The van der Waals surface area contributed by atoms with E-state index in [1.54, 1.807) is 43.4 Å². The SMILES string of the molecule is COCCN(CCOC)C(=O)c1ccc(-c2c3cc(Cl)c(=O)cc-3oc3cc(O)c(Cl)cc23)cc1. The molecule has 0 spiro atoms. The number of phenolic OH excluding ortho intramolecular Hbond substituents is 1. The molecule has 1 N–H and O–H groups in total. The Balaban J connectivity index is 1.82. The Kier molecular flexibility index (Phi) is 7.62. The molecule has 9 heteroatoms. The Morgan fingerprint density at radius 2 is 1.63 bits per heavy atom. The largest absolute Gasteiger partial charge is 0.506 e. The lowest BCUT2D eigenvalue weighted by Gasteiger charge is -2.22. The fraction of sp³-hybridized carbons (Fsp3) is 0.231.